The van der Waals surface area contributed by atoms with Gasteiger partial charge in [0.05, 0.1) is 23.7 Å². The lowest BCUT2D eigenvalue weighted by Gasteiger charge is -2.31. The van der Waals surface area contributed by atoms with Crippen molar-refractivity contribution < 1.29 is 19.0 Å². The summed E-state index contributed by atoms with van der Waals surface area (Å²) in [6.45, 7) is 1.11. The van der Waals surface area contributed by atoms with Crippen LogP contribution in [0.3, 0.4) is 0 Å². The van der Waals surface area contributed by atoms with Crippen molar-refractivity contribution in [1.29, 1.82) is 0 Å². The molecule has 1 atom stereocenters. The fourth-order valence-corrected chi connectivity index (χ4v) is 4.72. The number of nitrogens with zero attached hydrogens (tertiary/aromatic N) is 4. The zero-order valence-corrected chi connectivity index (χ0v) is 16.9. The van der Waals surface area contributed by atoms with Crippen molar-refractivity contribution in [3.8, 4) is 16.3 Å². The number of carbonyl (C=O) groups is 1. The Balaban J connectivity index is 1.52. The topological polar surface area (TPSA) is 97.5 Å². The molecule has 8 nitrogen and oxygen atoms in total. The summed E-state index contributed by atoms with van der Waals surface area (Å²) >= 11 is 6.92. The van der Waals surface area contributed by atoms with Gasteiger partial charge >= 0.3 is 0 Å². The van der Waals surface area contributed by atoms with Crippen LogP contribution in [-0.2, 0) is 17.7 Å². The first-order valence-corrected chi connectivity index (χ1v) is 10.3. The van der Waals surface area contributed by atoms with Crippen molar-refractivity contribution in [1.82, 2.24) is 19.7 Å². The second-order valence-corrected chi connectivity index (χ2v) is 8.41. The fourth-order valence-electron chi connectivity index (χ4n) is 3.66. The molecule has 30 heavy (non-hydrogen) atoms. The second kappa shape index (κ2) is 7.15. The second-order valence-electron chi connectivity index (χ2n) is 6.94. The summed E-state index contributed by atoms with van der Waals surface area (Å²) in [5.74, 6) is -1.60. The average Bonchev–Trinajstić information content (AvgIpc) is 3.38. The summed E-state index contributed by atoms with van der Waals surface area (Å²) < 4.78 is 21.2. The molecule has 1 amide bonds. The van der Waals surface area contributed by atoms with E-state index in [1.54, 1.807) is 12.1 Å². The normalized spacial score (nSPS) is 17.9. The van der Waals surface area contributed by atoms with Gasteiger partial charge in [-0.15, -0.1) is 10.2 Å². The number of fused-ring (bicyclic) bond motifs is 2. The van der Waals surface area contributed by atoms with E-state index in [0.717, 1.165) is 11.3 Å². The predicted molar refractivity (Wildman–Crippen MR) is 106 cm³/mol. The van der Waals surface area contributed by atoms with Gasteiger partial charge in [-0.2, -0.15) is 0 Å². The molecule has 0 saturated carbocycles. The molecule has 3 aromatic rings. The van der Waals surface area contributed by atoms with Crippen LogP contribution in [0.4, 0.5) is 4.39 Å². The van der Waals surface area contributed by atoms with Crippen LogP contribution in [0.25, 0.3) is 10.6 Å². The van der Waals surface area contributed by atoms with Gasteiger partial charge in [0.2, 0.25) is 5.43 Å². The zero-order chi connectivity index (χ0) is 21.0. The van der Waals surface area contributed by atoms with Gasteiger partial charge in [-0.1, -0.05) is 35.1 Å². The number of pyridine rings is 1. The number of aromatic nitrogens is 3. The van der Waals surface area contributed by atoms with Crippen LogP contribution in [0.2, 0.25) is 5.02 Å². The number of ether oxygens (including phenoxy) is 1. The maximum atomic E-state index is 14.2. The summed E-state index contributed by atoms with van der Waals surface area (Å²) in [7, 11) is 0. The molecule has 4 heterocycles. The molecule has 1 fully saturated rings. The van der Waals surface area contributed by atoms with Crippen LogP contribution >= 0.6 is 22.9 Å². The Kier molecular flexibility index (Phi) is 4.57. The molecular formula is C19H14ClFN4O4S. The van der Waals surface area contributed by atoms with E-state index in [0.29, 0.717) is 30.3 Å². The standard InChI is InChI=1S/C19H14ClFN4O4S/c20-11-3-1-2-9(14(11)21)6-12-22-23-18(30-12)10-7-24-8-13-25(4-5-29-13)19(28)15(24)17(27)16(10)26/h1-3,7,13,27H,4-6,8H2. The highest BCUT2D eigenvalue weighted by Gasteiger charge is 2.39. The van der Waals surface area contributed by atoms with E-state index in [-0.39, 0.29) is 27.7 Å². The monoisotopic (exact) mass is 448 g/mol. The summed E-state index contributed by atoms with van der Waals surface area (Å²) in [5, 5.41) is 19.3. The predicted octanol–water partition coefficient (Wildman–Crippen LogP) is 2.27. The minimum Gasteiger partial charge on any atom is -0.503 e. The Morgan fingerprint density at radius 2 is 2.17 bits per heavy atom. The van der Waals surface area contributed by atoms with Crippen molar-refractivity contribution in [2.45, 2.75) is 19.2 Å². The molecule has 1 aromatic carbocycles. The van der Waals surface area contributed by atoms with E-state index >= 15 is 0 Å². The Morgan fingerprint density at radius 3 is 3.00 bits per heavy atom. The maximum absolute atomic E-state index is 14.2. The van der Waals surface area contributed by atoms with Crippen LogP contribution in [0, 0.1) is 5.82 Å². The highest BCUT2D eigenvalue weighted by molar-refractivity contribution is 7.14. The first kappa shape index (κ1) is 19.2. The quantitative estimate of drug-likeness (QED) is 0.660. The van der Waals surface area contributed by atoms with E-state index < -0.39 is 29.1 Å². The van der Waals surface area contributed by atoms with Crippen LogP contribution in [0.15, 0.2) is 29.2 Å². The Morgan fingerprint density at radius 1 is 1.33 bits per heavy atom. The van der Waals surface area contributed by atoms with Crippen molar-refractivity contribution in [3.05, 3.63) is 61.7 Å². The minimum atomic E-state index is -0.704. The van der Waals surface area contributed by atoms with Crippen molar-refractivity contribution in [3.63, 3.8) is 0 Å². The van der Waals surface area contributed by atoms with Gasteiger partial charge in [-0.25, -0.2) is 4.39 Å². The molecular weight excluding hydrogens is 435 g/mol. The van der Waals surface area contributed by atoms with E-state index in [2.05, 4.69) is 10.2 Å². The summed E-state index contributed by atoms with van der Waals surface area (Å²) in [6, 6.07) is 4.70. The molecule has 1 N–H and O–H groups in total. The Labute approximate surface area is 178 Å². The van der Waals surface area contributed by atoms with Gasteiger partial charge in [0, 0.05) is 19.2 Å². The number of carbonyl (C=O) groups excluding carboxylic acids is 1. The van der Waals surface area contributed by atoms with E-state index in [9.17, 15) is 19.1 Å². The first-order chi connectivity index (χ1) is 14.4. The van der Waals surface area contributed by atoms with Crippen molar-refractivity contribution >= 4 is 28.8 Å². The maximum Gasteiger partial charge on any atom is 0.276 e. The molecule has 1 saturated heterocycles. The van der Waals surface area contributed by atoms with Gasteiger partial charge in [0.1, 0.15) is 10.8 Å². The lowest BCUT2D eigenvalue weighted by molar-refractivity contribution is 0.00859. The van der Waals surface area contributed by atoms with Gasteiger partial charge in [0.25, 0.3) is 5.91 Å². The lowest BCUT2D eigenvalue weighted by atomic mass is 10.1. The third-order valence-electron chi connectivity index (χ3n) is 5.13. The van der Waals surface area contributed by atoms with Crippen LogP contribution in [0.1, 0.15) is 21.1 Å². The van der Waals surface area contributed by atoms with Crippen molar-refractivity contribution in [2.24, 2.45) is 0 Å². The van der Waals surface area contributed by atoms with Gasteiger partial charge in [-0.3, -0.25) is 9.59 Å². The third kappa shape index (κ3) is 2.99. The average molecular weight is 449 g/mol. The smallest absolute Gasteiger partial charge is 0.276 e. The van der Waals surface area contributed by atoms with Gasteiger partial charge in [-0.05, 0) is 11.6 Å². The van der Waals surface area contributed by atoms with Crippen LogP contribution < -0.4 is 5.43 Å². The van der Waals surface area contributed by atoms with Gasteiger partial charge < -0.3 is 19.3 Å². The first-order valence-electron chi connectivity index (χ1n) is 9.08. The molecule has 0 spiro atoms. The number of aromatic hydroxyl groups is 1. The SMILES string of the molecule is O=C1c2c(O)c(=O)c(-c3nnc(Cc4cccc(Cl)c4F)s3)cn2CC2OCCN12. The molecule has 11 heteroatoms. The number of rotatable bonds is 3. The molecule has 154 valence electrons. The van der Waals surface area contributed by atoms with E-state index in [1.165, 1.54) is 21.7 Å². The fraction of sp³-hybridized carbons (Fsp3) is 0.263. The molecule has 1 unspecified atom stereocenters. The Bertz CT molecular complexity index is 1240. The highest BCUT2D eigenvalue weighted by atomic mass is 35.5. The van der Waals surface area contributed by atoms with Crippen LogP contribution in [-0.4, -0.2) is 50.1 Å². The Hall–Kier alpha value is -2.82. The largest absolute Gasteiger partial charge is 0.503 e. The molecule has 0 bridgehead atoms. The lowest BCUT2D eigenvalue weighted by Crippen LogP contribution is -2.45. The number of halogens is 2. The molecule has 0 aliphatic carbocycles. The van der Waals surface area contributed by atoms with E-state index in [4.69, 9.17) is 16.3 Å². The van der Waals surface area contributed by atoms with Crippen LogP contribution in [0.5, 0.6) is 5.75 Å². The molecule has 2 aromatic heterocycles. The molecule has 5 rings (SSSR count). The number of hydrogen-bond donors (Lipinski definition) is 1. The number of hydrogen-bond acceptors (Lipinski definition) is 7. The molecule has 2 aliphatic rings. The van der Waals surface area contributed by atoms with Gasteiger partial charge in [0.15, 0.2) is 22.7 Å². The summed E-state index contributed by atoms with van der Waals surface area (Å²) in [4.78, 5) is 26.9. The zero-order valence-electron chi connectivity index (χ0n) is 15.3. The van der Waals surface area contributed by atoms with Crippen molar-refractivity contribution in [2.75, 3.05) is 13.2 Å². The molecule has 2 aliphatic heterocycles. The number of benzene rings is 1. The number of amides is 1. The minimum absolute atomic E-state index is 0.0166. The third-order valence-corrected chi connectivity index (χ3v) is 6.38. The highest BCUT2D eigenvalue weighted by Crippen LogP contribution is 2.30. The molecule has 0 radical (unpaired) electrons. The van der Waals surface area contributed by atoms with E-state index in [1.807, 2.05) is 0 Å². The summed E-state index contributed by atoms with van der Waals surface area (Å²) in [5.41, 5.74) is -0.286. The summed E-state index contributed by atoms with van der Waals surface area (Å²) in [6.07, 6.45) is 1.21.